The Morgan fingerprint density at radius 2 is 1.53 bits per heavy atom. The van der Waals surface area contributed by atoms with Crippen LogP contribution in [0.4, 0.5) is 5.69 Å². The van der Waals surface area contributed by atoms with Crippen LogP contribution in [0.5, 0.6) is 0 Å². The molecule has 3 aromatic rings. The highest BCUT2D eigenvalue weighted by atomic mass is 79.9. The third kappa shape index (κ3) is 7.23. The van der Waals surface area contributed by atoms with Crippen LogP contribution in [0.1, 0.15) is 38.3 Å². The predicted molar refractivity (Wildman–Crippen MR) is 154 cm³/mol. The number of carbonyl (C=O) groups is 2. The van der Waals surface area contributed by atoms with Gasteiger partial charge in [-0.1, -0.05) is 65.3 Å². The van der Waals surface area contributed by atoms with Gasteiger partial charge in [-0.05, 0) is 74.7 Å². The summed E-state index contributed by atoms with van der Waals surface area (Å²) in [5.74, 6) is -0.744. The largest absolute Gasteiger partial charge is 0.352 e. The van der Waals surface area contributed by atoms with Gasteiger partial charge in [0.2, 0.25) is 11.8 Å². The number of carbonyl (C=O) groups excluding carboxylic acids is 2. The average molecular weight is 601 g/mol. The first-order valence-electron chi connectivity index (χ1n) is 12.5. The van der Waals surface area contributed by atoms with Crippen LogP contribution < -0.4 is 9.62 Å². The molecule has 202 valence electrons. The quantitative estimate of drug-likeness (QED) is 0.324. The van der Waals surface area contributed by atoms with Crippen LogP contribution in [0.25, 0.3) is 0 Å². The van der Waals surface area contributed by atoms with E-state index in [-0.39, 0.29) is 23.4 Å². The Balaban J connectivity index is 2.06. The highest BCUT2D eigenvalue weighted by Crippen LogP contribution is 2.26. The van der Waals surface area contributed by atoms with Gasteiger partial charge < -0.3 is 10.2 Å². The average Bonchev–Trinajstić information content (AvgIpc) is 2.88. The van der Waals surface area contributed by atoms with Gasteiger partial charge in [-0.3, -0.25) is 13.9 Å². The first-order chi connectivity index (χ1) is 18.0. The summed E-state index contributed by atoms with van der Waals surface area (Å²) < 4.78 is 29.4. The standard InChI is InChI=1S/C29H34BrN3O4S/c1-5-27(29(35)31-21(2)3)32(19-23-12-10-9-11-22(23)4)28(34)20-33(25-17-15-24(30)16-18-25)38(36,37)26-13-7-6-8-14-26/h6-18,21,27H,5,19-20H2,1-4H3,(H,31,35). The molecule has 0 aliphatic carbocycles. The van der Waals surface area contributed by atoms with Gasteiger partial charge in [0.15, 0.2) is 0 Å². The Morgan fingerprint density at radius 3 is 2.11 bits per heavy atom. The number of hydrogen-bond acceptors (Lipinski definition) is 4. The molecule has 0 saturated carbocycles. The molecule has 0 aromatic heterocycles. The second-order valence-corrected chi connectivity index (χ2v) is 12.1. The molecule has 0 radical (unpaired) electrons. The predicted octanol–water partition coefficient (Wildman–Crippen LogP) is 5.28. The minimum Gasteiger partial charge on any atom is -0.352 e. The molecule has 0 saturated heterocycles. The molecule has 0 fully saturated rings. The van der Waals surface area contributed by atoms with Gasteiger partial charge in [-0.15, -0.1) is 0 Å². The monoisotopic (exact) mass is 599 g/mol. The van der Waals surface area contributed by atoms with Crippen molar-refractivity contribution in [1.82, 2.24) is 10.2 Å². The van der Waals surface area contributed by atoms with Crippen molar-refractivity contribution in [3.63, 3.8) is 0 Å². The fraction of sp³-hybridized carbons (Fsp3) is 0.310. The SMILES string of the molecule is CCC(C(=O)NC(C)C)N(Cc1ccccc1C)C(=O)CN(c1ccc(Br)cc1)S(=O)(=O)c1ccccc1. The molecule has 1 atom stereocenters. The first-order valence-corrected chi connectivity index (χ1v) is 14.8. The van der Waals surface area contributed by atoms with E-state index in [9.17, 15) is 18.0 Å². The number of sulfonamides is 1. The maximum Gasteiger partial charge on any atom is 0.264 e. The summed E-state index contributed by atoms with van der Waals surface area (Å²) in [6, 6.07) is 21.5. The van der Waals surface area contributed by atoms with E-state index < -0.39 is 28.5 Å². The molecule has 0 aliphatic heterocycles. The molecule has 3 aromatic carbocycles. The van der Waals surface area contributed by atoms with Crippen LogP contribution >= 0.6 is 15.9 Å². The number of hydrogen-bond donors (Lipinski definition) is 1. The number of amides is 2. The minimum atomic E-state index is -4.08. The number of aryl methyl sites for hydroxylation is 1. The Bertz CT molecular complexity index is 1350. The highest BCUT2D eigenvalue weighted by Gasteiger charge is 2.34. The van der Waals surface area contributed by atoms with Gasteiger partial charge in [0.1, 0.15) is 12.6 Å². The first kappa shape index (κ1) is 29.4. The fourth-order valence-electron chi connectivity index (χ4n) is 4.13. The fourth-order valence-corrected chi connectivity index (χ4v) is 5.83. The number of rotatable bonds is 11. The third-order valence-electron chi connectivity index (χ3n) is 6.14. The molecule has 0 bridgehead atoms. The highest BCUT2D eigenvalue weighted by molar-refractivity contribution is 9.10. The molecular formula is C29H34BrN3O4S. The lowest BCUT2D eigenvalue weighted by atomic mass is 10.1. The minimum absolute atomic E-state index is 0.0748. The summed E-state index contributed by atoms with van der Waals surface area (Å²) in [4.78, 5) is 28.8. The van der Waals surface area contributed by atoms with Crippen molar-refractivity contribution in [3.05, 3.63) is 94.5 Å². The molecule has 7 nitrogen and oxygen atoms in total. The second-order valence-electron chi connectivity index (χ2n) is 9.34. The summed E-state index contributed by atoms with van der Waals surface area (Å²) >= 11 is 3.38. The second kappa shape index (κ2) is 13.1. The zero-order chi connectivity index (χ0) is 27.9. The molecule has 1 N–H and O–H groups in total. The lowest BCUT2D eigenvalue weighted by molar-refractivity contribution is -0.140. The Hall–Kier alpha value is -3.17. The summed E-state index contributed by atoms with van der Waals surface area (Å²) in [6.45, 7) is 7.22. The molecule has 0 aliphatic rings. The van der Waals surface area contributed by atoms with Crippen LogP contribution in [0, 0.1) is 6.92 Å². The van der Waals surface area contributed by atoms with Crippen molar-refractivity contribution in [3.8, 4) is 0 Å². The number of halogens is 1. The van der Waals surface area contributed by atoms with Gasteiger partial charge >= 0.3 is 0 Å². The molecule has 1 unspecified atom stereocenters. The van der Waals surface area contributed by atoms with Crippen molar-refractivity contribution in [2.24, 2.45) is 0 Å². The molecule has 38 heavy (non-hydrogen) atoms. The number of nitrogens with one attached hydrogen (secondary N) is 1. The van der Waals surface area contributed by atoms with E-state index in [2.05, 4.69) is 21.2 Å². The smallest absolute Gasteiger partial charge is 0.264 e. The van der Waals surface area contributed by atoms with Crippen LogP contribution in [-0.2, 0) is 26.2 Å². The Morgan fingerprint density at radius 1 is 0.921 bits per heavy atom. The topological polar surface area (TPSA) is 86.8 Å². The summed E-state index contributed by atoms with van der Waals surface area (Å²) in [6.07, 6.45) is 0.375. The number of benzene rings is 3. The van der Waals surface area contributed by atoms with Gasteiger partial charge in [0, 0.05) is 17.1 Å². The third-order valence-corrected chi connectivity index (χ3v) is 8.46. The van der Waals surface area contributed by atoms with Crippen molar-refractivity contribution in [2.75, 3.05) is 10.8 Å². The van der Waals surface area contributed by atoms with Crippen LogP contribution in [0.3, 0.4) is 0 Å². The van der Waals surface area contributed by atoms with Crippen molar-refractivity contribution in [1.29, 1.82) is 0 Å². The van der Waals surface area contributed by atoms with E-state index in [0.29, 0.717) is 12.1 Å². The zero-order valence-electron chi connectivity index (χ0n) is 22.1. The van der Waals surface area contributed by atoms with Crippen molar-refractivity contribution >= 4 is 43.5 Å². The van der Waals surface area contributed by atoms with Crippen molar-refractivity contribution in [2.45, 2.75) is 57.6 Å². The van der Waals surface area contributed by atoms with E-state index >= 15 is 0 Å². The zero-order valence-corrected chi connectivity index (χ0v) is 24.5. The molecular weight excluding hydrogens is 566 g/mol. The molecule has 3 rings (SSSR count). The van der Waals surface area contributed by atoms with E-state index in [0.717, 1.165) is 19.9 Å². The van der Waals surface area contributed by atoms with Gasteiger partial charge in [0.05, 0.1) is 10.6 Å². The Labute approximate surface area is 234 Å². The van der Waals surface area contributed by atoms with Gasteiger partial charge in [0.25, 0.3) is 10.0 Å². The van der Waals surface area contributed by atoms with E-state index in [4.69, 9.17) is 0 Å². The molecule has 0 spiro atoms. The maximum atomic E-state index is 14.0. The molecule has 0 heterocycles. The van der Waals surface area contributed by atoms with Crippen LogP contribution in [0.2, 0.25) is 0 Å². The number of anilines is 1. The van der Waals surface area contributed by atoms with E-state index in [1.807, 2.05) is 52.0 Å². The van der Waals surface area contributed by atoms with Gasteiger partial charge in [-0.25, -0.2) is 8.42 Å². The van der Waals surface area contributed by atoms with Crippen LogP contribution in [-0.4, -0.2) is 43.8 Å². The lowest BCUT2D eigenvalue weighted by Crippen LogP contribution is -2.53. The Kier molecular flexibility index (Phi) is 10.1. The summed E-state index contributed by atoms with van der Waals surface area (Å²) in [7, 11) is -4.08. The summed E-state index contributed by atoms with van der Waals surface area (Å²) in [5, 5.41) is 2.91. The van der Waals surface area contributed by atoms with Gasteiger partial charge in [-0.2, -0.15) is 0 Å². The van der Waals surface area contributed by atoms with E-state index in [1.165, 1.54) is 17.0 Å². The molecule has 2 amide bonds. The number of nitrogens with zero attached hydrogens (tertiary/aromatic N) is 2. The maximum absolute atomic E-state index is 14.0. The summed E-state index contributed by atoms with van der Waals surface area (Å²) in [5.41, 5.74) is 2.21. The molecule has 9 heteroatoms. The van der Waals surface area contributed by atoms with E-state index in [1.54, 1.807) is 42.5 Å². The van der Waals surface area contributed by atoms with Crippen molar-refractivity contribution < 1.29 is 18.0 Å². The lowest BCUT2D eigenvalue weighted by Gasteiger charge is -2.34. The van der Waals surface area contributed by atoms with Crippen LogP contribution in [0.15, 0.2) is 88.2 Å². The normalized spacial score (nSPS) is 12.2.